The molecule has 11 heteroatoms. The number of benzene rings is 3. The van der Waals surface area contributed by atoms with Gasteiger partial charge in [0.1, 0.15) is 12.4 Å². The van der Waals surface area contributed by atoms with Crippen LogP contribution in [0.3, 0.4) is 0 Å². The average molecular weight is 601 g/mol. The third-order valence-corrected chi connectivity index (χ3v) is 8.90. The summed E-state index contributed by atoms with van der Waals surface area (Å²) in [6.45, 7) is 0.423. The number of nitrogens with two attached hydrogens (primary N) is 1. The molecule has 3 aromatic carbocycles. The summed E-state index contributed by atoms with van der Waals surface area (Å²) >= 11 is 1.23. The van der Waals surface area contributed by atoms with Crippen LogP contribution in [0.1, 0.15) is 45.7 Å². The smallest absolute Gasteiger partial charge is 0.355 e. The molecule has 9 nitrogen and oxygen atoms in total. The minimum Gasteiger partial charge on any atom is -0.489 e. The van der Waals surface area contributed by atoms with Crippen molar-refractivity contribution < 1.29 is 23.1 Å². The van der Waals surface area contributed by atoms with Gasteiger partial charge in [-0.25, -0.2) is 28.0 Å². The molecule has 2 aromatic heterocycles. The van der Waals surface area contributed by atoms with Crippen LogP contribution < -0.4 is 9.88 Å². The summed E-state index contributed by atoms with van der Waals surface area (Å²) in [6, 6.07) is 24.2. The van der Waals surface area contributed by atoms with Gasteiger partial charge in [-0.05, 0) is 60.6 Å². The molecule has 1 aliphatic rings. The first-order valence-electron chi connectivity index (χ1n) is 13.4. The second kappa shape index (κ2) is 11.5. The van der Waals surface area contributed by atoms with Crippen LogP contribution in [0.15, 0.2) is 89.1 Å². The Hall–Kier alpha value is -4.32. The molecule has 214 valence electrons. The van der Waals surface area contributed by atoms with E-state index < -0.39 is 16.0 Å². The van der Waals surface area contributed by atoms with Crippen molar-refractivity contribution in [1.29, 1.82) is 0 Å². The second-order valence-electron chi connectivity index (χ2n) is 10.3. The fourth-order valence-electron chi connectivity index (χ4n) is 4.80. The van der Waals surface area contributed by atoms with Crippen molar-refractivity contribution in [2.24, 2.45) is 11.1 Å². The quantitative estimate of drug-likeness (QED) is 0.205. The minimum atomic E-state index is -3.81. The first-order chi connectivity index (χ1) is 20.2. The lowest BCUT2D eigenvalue weighted by Crippen LogP contribution is -2.12. The Morgan fingerprint density at radius 1 is 1.02 bits per heavy atom. The van der Waals surface area contributed by atoms with Gasteiger partial charge in [-0.15, -0.1) is 11.3 Å². The molecule has 3 N–H and O–H groups in total. The maximum Gasteiger partial charge on any atom is 0.355 e. The molecule has 0 atom stereocenters. The van der Waals surface area contributed by atoms with E-state index in [2.05, 4.69) is 4.98 Å². The van der Waals surface area contributed by atoms with Gasteiger partial charge in [0.25, 0.3) is 0 Å². The van der Waals surface area contributed by atoms with E-state index >= 15 is 0 Å². The maximum absolute atomic E-state index is 11.8. The zero-order valence-electron chi connectivity index (χ0n) is 22.5. The fraction of sp³-hybridized carbons (Fsp3) is 0.194. The molecule has 6 rings (SSSR count). The van der Waals surface area contributed by atoms with Gasteiger partial charge in [0.05, 0.1) is 16.3 Å². The molecule has 0 aliphatic heterocycles. The molecule has 0 unspecified atom stereocenters. The fourth-order valence-corrected chi connectivity index (χ4v) is 6.09. The molecule has 1 fully saturated rings. The molecule has 0 radical (unpaired) electrons. The SMILES string of the molecule is NS(=O)(=O)c1ccc(Cc2c(-c3cccc(OCc4ccccc4)c3)nn(-c3nc(C(=O)O)cs3)c2CC2CC2)cc1. The Labute approximate surface area is 247 Å². The van der Waals surface area contributed by atoms with Crippen LogP contribution in [0, 0.1) is 5.92 Å². The number of carboxylic acids is 1. The van der Waals surface area contributed by atoms with Crippen LogP contribution in [0.5, 0.6) is 5.75 Å². The van der Waals surface area contributed by atoms with Gasteiger partial charge in [-0.1, -0.05) is 54.6 Å². The van der Waals surface area contributed by atoms with Gasteiger partial charge >= 0.3 is 5.97 Å². The van der Waals surface area contributed by atoms with Gasteiger partial charge in [-0.3, -0.25) is 0 Å². The predicted octanol–water partition coefficient (Wildman–Crippen LogP) is 5.46. The predicted molar refractivity (Wildman–Crippen MR) is 159 cm³/mol. The maximum atomic E-state index is 11.8. The monoisotopic (exact) mass is 600 g/mol. The van der Waals surface area contributed by atoms with Crippen molar-refractivity contribution in [3.05, 3.63) is 112 Å². The van der Waals surface area contributed by atoms with E-state index in [4.69, 9.17) is 15.0 Å². The highest BCUT2D eigenvalue weighted by Gasteiger charge is 2.29. The Morgan fingerprint density at radius 2 is 1.79 bits per heavy atom. The number of sulfonamides is 1. The van der Waals surface area contributed by atoms with Crippen molar-refractivity contribution >= 4 is 27.3 Å². The van der Waals surface area contributed by atoms with Crippen LogP contribution >= 0.6 is 11.3 Å². The molecule has 5 aromatic rings. The van der Waals surface area contributed by atoms with Crippen molar-refractivity contribution in [2.75, 3.05) is 0 Å². The summed E-state index contributed by atoms with van der Waals surface area (Å²) in [5.74, 6) is 0.115. The Kier molecular flexibility index (Phi) is 7.63. The van der Waals surface area contributed by atoms with Crippen LogP contribution in [0.25, 0.3) is 16.4 Å². The van der Waals surface area contributed by atoms with E-state index in [9.17, 15) is 18.3 Å². The number of aromatic carboxylic acids is 1. The largest absolute Gasteiger partial charge is 0.489 e. The number of rotatable bonds is 11. The lowest BCUT2D eigenvalue weighted by molar-refractivity contribution is 0.0691. The number of carboxylic acid groups (broad SMARTS) is 1. The van der Waals surface area contributed by atoms with Gasteiger partial charge in [0, 0.05) is 22.9 Å². The van der Waals surface area contributed by atoms with Gasteiger partial charge in [0.2, 0.25) is 15.2 Å². The summed E-state index contributed by atoms with van der Waals surface area (Å²) in [5.41, 5.74) is 5.44. The number of carbonyl (C=O) groups is 1. The first-order valence-corrected chi connectivity index (χ1v) is 15.9. The molecule has 42 heavy (non-hydrogen) atoms. The lowest BCUT2D eigenvalue weighted by Gasteiger charge is -2.10. The number of thiazole rings is 1. The zero-order chi connectivity index (χ0) is 29.3. The summed E-state index contributed by atoms with van der Waals surface area (Å²) < 4.78 is 31.5. The van der Waals surface area contributed by atoms with Gasteiger partial charge in [-0.2, -0.15) is 5.10 Å². The van der Waals surface area contributed by atoms with Crippen LogP contribution in [0.4, 0.5) is 0 Å². The third kappa shape index (κ3) is 6.28. The van der Waals surface area contributed by atoms with E-state index in [1.807, 2.05) is 54.6 Å². The van der Waals surface area contributed by atoms with E-state index in [0.717, 1.165) is 52.9 Å². The molecular weight excluding hydrogens is 572 g/mol. The lowest BCUT2D eigenvalue weighted by atomic mass is 9.97. The first kappa shape index (κ1) is 27.8. The molecule has 1 aliphatic carbocycles. The average Bonchev–Trinajstić information content (AvgIpc) is 3.54. The second-order valence-corrected chi connectivity index (χ2v) is 12.7. The van der Waals surface area contributed by atoms with Gasteiger partial charge in [0.15, 0.2) is 5.69 Å². The molecule has 2 heterocycles. The minimum absolute atomic E-state index is 0.0270. The van der Waals surface area contributed by atoms with E-state index in [0.29, 0.717) is 29.8 Å². The summed E-state index contributed by atoms with van der Waals surface area (Å²) in [4.78, 5) is 16.0. The highest BCUT2D eigenvalue weighted by molar-refractivity contribution is 7.89. The summed E-state index contributed by atoms with van der Waals surface area (Å²) in [5, 5.41) is 21.8. The Morgan fingerprint density at radius 3 is 2.45 bits per heavy atom. The van der Waals surface area contributed by atoms with Crippen molar-refractivity contribution in [2.45, 2.75) is 37.2 Å². The standard InChI is InChI=1S/C31H28N4O5S2/c32-42(38,39)25-13-11-20(12-14-25)15-26-28(16-21-9-10-21)35(31-33-27(19-41-31)30(36)37)34-29(26)23-7-4-8-24(17-23)40-18-22-5-2-1-3-6-22/h1-8,11-14,17,19,21H,9-10,15-16,18H2,(H,36,37)(H2,32,38,39). The number of primary sulfonamides is 1. The van der Waals surface area contributed by atoms with Crippen LogP contribution in [-0.2, 0) is 29.5 Å². The van der Waals surface area contributed by atoms with E-state index in [1.165, 1.54) is 28.8 Å². The summed E-state index contributed by atoms with van der Waals surface area (Å²) in [7, 11) is -3.81. The molecule has 1 saturated carbocycles. The number of ether oxygens (including phenoxy) is 1. The molecular formula is C31H28N4O5S2. The number of aromatic nitrogens is 3. The molecule has 0 amide bonds. The van der Waals surface area contributed by atoms with Crippen LogP contribution in [0.2, 0.25) is 0 Å². The topological polar surface area (TPSA) is 137 Å². The van der Waals surface area contributed by atoms with Gasteiger partial charge < -0.3 is 9.84 Å². The number of hydrogen-bond acceptors (Lipinski definition) is 7. The third-order valence-electron chi connectivity index (χ3n) is 7.15. The summed E-state index contributed by atoms with van der Waals surface area (Å²) in [6.07, 6.45) is 3.48. The molecule has 0 saturated heterocycles. The number of nitrogens with zero attached hydrogens (tertiary/aromatic N) is 3. The highest BCUT2D eigenvalue weighted by Crippen LogP contribution is 2.38. The van der Waals surface area contributed by atoms with Crippen molar-refractivity contribution in [1.82, 2.24) is 14.8 Å². The highest BCUT2D eigenvalue weighted by atomic mass is 32.2. The Balaban J connectivity index is 1.43. The van der Waals surface area contributed by atoms with Crippen molar-refractivity contribution in [3.8, 4) is 22.1 Å². The van der Waals surface area contributed by atoms with Crippen molar-refractivity contribution in [3.63, 3.8) is 0 Å². The van der Waals surface area contributed by atoms with Crippen LogP contribution in [-0.4, -0.2) is 34.3 Å². The zero-order valence-corrected chi connectivity index (χ0v) is 24.1. The Bertz CT molecular complexity index is 1840. The number of hydrogen-bond donors (Lipinski definition) is 2. The molecule has 0 spiro atoms. The normalized spacial score (nSPS) is 13.3. The van der Waals surface area contributed by atoms with E-state index in [-0.39, 0.29) is 10.6 Å². The molecule has 0 bridgehead atoms. The van der Waals surface area contributed by atoms with E-state index in [1.54, 1.807) is 16.8 Å².